The van der Waals surface area contributed by atoms with Gasteiger partial charge in [0.2, 0.25) is 0 Å². The van der Waals surface area contributed by atoms with E-state index in [9.17, 15) is 20.0 Å². The van der Waals surface area contributed by atoms with E-state index in [1.54, 1.807) is 12.1 Å². The summed E-state index contributed by atoms with van der Waals surface area (Å²) in [4.78, 5) is 25.1. The van der Waals surface area contributed by atoms with Crippen LogP contribution in [0.5, 0.6) is 0 Å². The molecule has 1 aromatic carbocycles. The molecule has 0 unspecified atom stereocenters. The standard InChI is InChI=1S/C11H9N3O4S/c1-6-9(10(15)16)19-11(12-6)13-7-4-2-3-5-8(7)14(17)18/h2-5H,1H3,(H,12,13)(H,15,16)/p-1. The number of aromatic carboxylic acids is 1. The summed E-state index contributed by atoms with van der Waals surface area (Å²) >= 11 is 0.876. The molecular formula is C11H8N3O4S-. The van der Waals surface area contributed by atoms with Crippen molar-refractivity contribution in [3.63, 3.8) is 0 Å². The van der Waals surface area contributed by atoms with Gasteiger partial charge in [0.05, 0.1) is 21.5 Å². The zero-order valence-corrected chi connectivity index (χ0v) is 10.6. The predicted octanol–water partition coefficient (Wildman–Crippen LogP) is 1.47. The Hall–Kier alpha value is -2.48. The number of carboxylic acids is 1. The zero-order chi connectivity index (χ0) is 14.0. The summed E-state index contributed by atoms with van der Waals surface area (Å²) < 4.78 is 0. The van der Waals surface area contributed by atoms with Crippen molar-refractivity contribution in [2.24, 2.45) is 0 Å². The highest BCUT2D eigenvalue weighted by atomic mass is 32.1. The van der Waals surface area contributed by atoms with E-state index in [4.69, 9.17) is 0 Å². The Bertz CT molecular complexity index is 653. The number of nitrogens with zero attached hydrogens (tertiary/aromatic N) is 2. The third kappa shape index (κ3) is 2.68. The van der Waals surface area contributed by atoms with E-state index in [0.29, 0.717) is 5.69 Å². The maximum Gasteiger partial charge on any atom is 0.292 e. The number of hydrogen-bond donors (Lipinski definition) is 1. The van der Waals surface area contributed by atoms with Gasteiger partial charge in [0, 0.05) is 6.07 Å². The number of carbonyl (C=O) groups excluding carboxylic acids is 1. The fourth-order valence-corrected chi connectivity index (χ4v) is 2.31. The van der Waals surface area contributed by atoms with Crippen molar-refractivity contribution in [2.75, 3.05) is 5.32 Å². The van der Waals surface area contributed by atoms with Gasteiger partial charge in [0.1, 0.15) is 5.69 Å². The Morgan fingerprint density at radius 2 is 2.11 bits per heavy atom. The summed E-state index contributed by atoms with van der Waals surface area (Å²) in [6, 6.07) is 6.05. The highest BCUT2D eigenvalue weighted by Crippen LogP contribution is 2.30. The number of carboxylic acid groups (broad SMARTS) is 1. The first-order valence-electron chi connectivity index (χ1n) is 5.18. The van der Waals surface area contributed by atoms with Gasteiger partial charge in [-0.15, -0.1) is 0 Å². The summed E-state index contributed by atoms with van der Waals surface area (Å²) in [5.41, 5.74) is 0.461. The Morgan fingerprint density at radius 1 is 1.42 bits per heavy atom. The van der Waals surface area contributed by atoms with Gasteiger partial charge in [0.15, 0.2) is 5.13 Å². The molecule has 0 aliphatic carbocycles. The number of benzene rings is 1. The minimum Gasteiger partial charge on any atom is -0.544 e. The number of para-hydroxylation sites is 2. The number of rotatable bonds is 4. The first kappa shape index (κ1) is 13.0. The summed E-state index contributed by atoms with van der Waals surface area (Å²) in [5.74, 6) is -1.31. The number of nitro benzene ring substituents is 1. The monoisotopic (exact) mass is 278 g/mol. The van der Waals surface area contributed by atoms with Crippen LogP contribution in [-0.2, 0) is 0 Å². The molecule has 0 bridgehead atoms. The lowest BCUT2D eigenvalue weighted by molar-refractivity contribution is -0.383. The molecule has 1 aromatic heterocycles. The van der Waals surface area contributed by atoms with E-state index in [0.717, 1.165) is 11.3 Å². The van der Waals surface area contributed by atoms with Crippen LogP contribution in [0.1, 0.15) is 15.4 Å². The first-order valence-corrected chi connectivity index (χ1v) is 6.00. The van der Waals surface area contributed by atoms with Crippen LogP contribution in [0.15, 0.2) is 24.3 Å². The van der Waals surface area contributed by atoms with E-state index in [1.165, 1.54) is 19.1 Å². The van der Waals surface area contributed by atoms with Gasteiger partial charge in [0.25, 0.3) is 5.69 Å². The van der Waals surface area contributed by atoms with Crippen molar-refractivity contribution in [1.82, 2.24) is 4.98 Å². The first-order chi connectivity index (χ1) is 8.99. The van der Waals surface area contributed by atoms with E-state index < -0.39 is 10.9 Å². The van der Waals surface area contributed by atoms with Crippen LogP contribution in [0.25, 0.3) is 0 Å². The lowest BCUT2D eigenvalue weighted by atomic mass is 10.3. The number of aromatic nitrogens is 1. The van der Waals surface area contributed by atoms with Crippen LogP contribution in [0.2, 0.25) is 0 Å². The number of nitrogens with one attached hydrogen (secondary N) is 1. The van der Waals surface area contributed by atoms with Gasteiger partial charge in [-0.1, -0.05) is 23.5 Å². The van der Waals surface area contributed by atoms with Gasteiger partial charge in [-0.3, -0.25) is 10.1 Å². The second-order valence-corrected chi connectivity index (χ2v) is 4.62. The van der Waals surface area contributed by atoms with Gasteiger partial charge in [-0.05, 0) is 13.0 Å². The second-order valence-electron chi connectivity index (χ2n) is 3.62. The number of hydrogen-bond acceptors (Lipinski definition) is 7. The Morgan fingerprint density at radius 3 is 2.68 bits per heavy atom. The van der Waals surface area contributed by atoms with Gasteiger partial charge in [-0.2, -0.15) is 0 Å². The summed E-state index contributed by atoms with van der Waals surface area (Å²) in [7, 11) is 0. The molecule has 8 heteroatoms. The lowest BCUT2D eigenvalue weighted by Crippen LogP contribution is -2.21. The van der Waals surface area contributed by atoms with Crippen molar-refractivity contribution in [2.45, 2.75) is 6.92 Å². The quantitative estimate of drug-likeness (QED) is 0.670. The summed E-state index contributed by atoms with van der Waals surface area (Å²) in [6.45, 7) is 1.53. The topological polar surface area (TPSA) is 108 Å². The molecule has 7 nitrogen and oxygen atoms in total. The fourth-order valence-electron chi connectivity index (χ4n) is 1.49. The lowest BCUT2D eigenvalue weighted by Gasteiger charge is -2.02. The summed E-state index contributed by atoms with van der Waals surface area (Å²) in [5, 5.41) is 24.6. The van der Waals surface area contributed by atoms with Crippen LogP contribution in [0, 0.1) is 17.0 Å². The molecule has 19 heavy (non-hydrogen) atoms. The molecule has 0 aliphatic heterocycles. The van der Waals surface area contributed by atoms with E-state index in [1.807, 2.05) is 0 Å². The molecule has 0 spiro atoms. The molecule has 0 radical (unpaired) electrons. The smallest absolute Gasteiger partial charge is 0.292 e. The fraction of sp³-hybridized carbons (Fsp3) is 0.0909. The number of nitro groups is 1. The SMILES string of the molecule is Cc1nc(Nc2ccccc2[N+](=O)[O-])sc1C(=O)[O-]. The average Bonchev–Trinajstić information content (AvgIpc) is 2.71. The number of aryl methyl sites for hydroxylation is 1. The Kier molecular flexibility index (Phi) is 3.43. The van der Waals surface area contributed by atoms with Crippen LogP contribution in [0.3, 0.4) is 0 Å². The molecule has 0 fully saturated rings. The maximum atomic E-state index is 10.8. The van der Waals surface area contributed by atoms with Crippen LogP contribution in [0.4, 0.5) is 16.5 Å². The van der Waals surface area contributed by atoms with Crippen molar-refractivity contribution < 1.29 is 14.8 Å². The normalized spacial score (nSPS) is 10.2. The number of anilines is 2. The highest BCUT2D eigenvalue weighted by Gasteiger charge is 2.15. The molecule has 98 valence electrons. The van der Waals surface area contributed by atoms with Crippen LogP contribution < -0.4 is 10.4 Å². The largest absolute Gasteiger partial charge is 0.544 e. The molecule has 0 aliphatic rings. The minimum atomic E-state index is -1.31. The summed E-state index contributed by atoms with van der Waals surface area (Å²) in [6.07, 6.45) is 0. The van der Waals surface area contributed by atoms with Crippen LogP contribution in [-0.4, -0.2) is 15.9 Å². The maximum absolute atomic E-state index is 10.8. The average molecular weight is 278 g/mol. The molecule has 2 aromatic rings. The predicted molar refractivity (Wildman–Crippen MR) is 67.6 cm³/mol. The minimum absolute atomic E-state index is 0.00100. The Labute approximate surface area is 111 Å². The van der Waals surface area contributed by atoms with E-state index in [-0.39, 0.29) is 21.4 Å². The van der Waals surface area contributed by atoms with Crippen molar-refractivity contribution in [1.29, 1.82) is 0 Å². The molecule has 1 heterocycles. The molecular weight excluding hydrogens is 270 g/mol. The van der Waals surface area contributed by atoms with Gasteiger partial charge >= 0.3 is 0 Å². The second kappa shape index (κ2) is 5.02. The van der Waals surface area contributed by atoms with Crippen molar-refractivity contribution in [3.05, 3.63) is 45.0 Å². The number of carbonyl (C=O) groups is 1. The third-order valence-electron chi connectivity index (χ3n) is 2.32. The van der Waals surface area contributed by atoms with E-state index in [2.05, 4.69) is 10.3 Å². The van der Waals surface area contributed by atoms with Crippen LogP contribution >= 0.6 is 11.3 Å². The molecule has 0 amide bonds. The molecule has 0 saturated heterocycles. The molecule has 1 N–H and O–H groups in total. The van der Waals surface area contributed by atoms with Crippen molar-refractivity contribution >= 4 is 33.8 Å². The van der Waals surface area contributed by atoms with E-state index >= 15 is 0 Å². The van der Waals surface area contributed by atoms with Gasteiger partial charge in [-0.25, -0.2) is 4.98 Å². The molecule has 0 saturated carbocycles. The zero-order valence-electron chi connectivity index (χ0n) is 9.75. The highest BCUT2D eigenvalue weighted by molar-refractivity contribution is 7.17. The molecule has 0 atom stereocenters. The Balaban J connectivity index is 2.34. The van der Waals surface area contributed by atoms with Gasteiger partial charge < -0.3 is 15.2 Å². The van der Waals surface area contributed by atoms with Crippen molar-refractivity contribution in [3.8, 4) is 0 Å². The number of thiazole rings is 1. The third-order valence-corrected chi connectivity index (χ3v) is 3.38. The molecule has 2 rings (SSSR count).